The van der Waals surface area contributed by atoms with Crippen LogP contribution >= 0.6 is 0 Å². The van der Waals surface area contributed by atoms with Crippen molar-refractivity contribution in [1.29, 1.82) is 0 Å². The average Bonchev–Trinajstić information content (AvgIpc) is 2.41. The molecule has 1 aromatic rings. The highest BCUT2D eigenvalue weighted by Gasteiger charge is 2.24. The second-order valence-electron chi connectivity index (χ2n) is 7.40. The number of benzene rings is 1. The predicted molar refractivity (Wildman–Crippen MR) is 91.5 cm³/mol. The molecular formula is C19H33NO. The maximum Gasteiger partial charge on any atom is 0.0622 e. The van der Waals surface area contributed by atoms with Crippen molar-refractivity contribution in [3.63, 3.8) is 0 Å². The zero-order valence-electron chi connectivity index (χ0n) is 14.6. The minimum Gasteiger partial charge on any atom is -0.380 e. The number of nitrogens with one attached hydrogen (secondary N) is 1. The highest BCUT2D eigenvalue weighted by atomic mass is 16.5. The molecule has 2 unspecified atom stereocenters. The number of hydrogen-bond acceptors (Lipinski definition) is 2. The van der Waals surface area contributed by atoms with E-state index in [-0.39, 0.29) is 0 Å². The first kappa shape index (κ1) is 18.2. The second kappa shape index (κ2) is 8.55. The Hall–Kier alpha value is -0.860. The average molecular weight is 291 g/mol. The summed E-state index contributed by atoms with van der Waals surface area (Å²) in [6.07, 6.45) is 1.12. The highest BCUT2D eigenvalue weighted by molar-refractivity contribution is 5.19. The molecule has 0 amide bonds. The SMILES string of the molecule is CCOCC(NC(CC(C)(C)C)c1ccccc1)C(C)C. The molecular weight excluding hydrogens is 258 g/mol. The first-order valence-corrected chi connectivity index (χ1v) is 8.22. The van der Waals surface area contributed by atoms with Gasteiger partial charge in [0.15, 0.2) is 0 Å². The summed E-state index contributed by atoms with van der Waals surface area (Å²) in [6.45, 7) is 15.0. The van der Waals surface area contributed by atoms with Crippen LogP contribution in [0.25, 0.3) is 0 Å². The van der Waals surface area contributed by atoms with Crippen LogP contribution < -0.4 is 5.32 Å². The zero-order chi connectivity index (χ0) is 15.9. The summed E-state index contributed by atoms with van der Waals surface area (Å²) >= 11 is 0. The van der Waals surface area contributed by atoms with Crippen LogP contribution in [0, 0.1) is 11.3 Å². The normalized spacial score (nSPS) is 15.2. The molecule has 0 aliphatic heterocycles. The fraction of sp³-hybridized carbons (Fsp3) is 0.684. The van der Waals surface area contributed by atoms with Gasteiger partial charge in [-0.1, -0.05) is 65.0 Å². The highest BCUT2D eigenvalue weighted by Crippen LogP contribution is 2.30. The van der Waals surface area contributed by atoms with E-state index < -0.39 is 0 Å². The monoisotopic (exact) mass is 291 g/mol. The first-order chi connectivity index (χ1) is 9.83. The predicted octanol–water partition coefficient (Wildman–Crippen LogP) is 4.81. The van der Waals surface area contributed by atoms with Crippen molar-refractivity contribution in [3.05, 3.63) is 35.9 Å². The van der Waals surface area contributed by atoms with Crippen molar-refractivity contribution < 1.29 is 4.74 Å². The lowest BCUT2D eigenvalue weighted by atomic mass is 9.84. The molecule has 1 rings (SSSR count). The lowest BCUT2D eigenvalue weighted by Crippen LogP contribution is -2.41. The van der Waals surface area contributed by atoms with E-state index in [0.29, 0.717) is 23.4 Å². The summed E-state index contributed by atoms with van der Waals surface area (Å²) in [4.78, 5) is 0. The minimum atomic E-state index is 0.292. The Balaban J connectivity index is 2.85. The van der Waals surface area contributed by atoms with E-state index in [2.05, 4.69) is 77.2 Å². The lowest BCUT2D eigenvalue weighted by Gasteiger charge is -2.32. The molecule has 1 N–H and O–H groups in total. The molecule has 0 aliphatic carbocycles. The molecule has 1 aromatic carbocycles. The van der Waals surface area contributed by atoms with Gasteiger partial charge in [-0.05, 0) is 30.2 Å². The third kappa shape index (κ3) is 7.10. The number of rotatable bonds is 8. The zero-order valence-corrected chi connectivity index (χ0v) is 14.6. The third-order valence-corrected chi connectivity index (χ3v) is 3.74. The number of ether oxygens (including phenoxy) is 1. The van der Waals surface area contributed by atoms with Gasteiger partial charge in [0.1, 0.15) is 0 Å². The smallest absolute Gasteiger partial charge is 0.0622 e. The van der Waals surface area contributed by atoms with Gasteiger partial charge in [0.05, 0.1) is 6.61 Å². The van der Waals surface area contributed by atoms with Crippen molar-refractivity contribution in [2.75, 3.05) is 13.2 Å². The molecule has 2 nitrogen and oxygen atoms in total. The number of hydrogen-bond donors (Lipinski definition) is 1. The standard InChI is InChI=1S/C19H33NO/c1-7-21-14-18(15(2)3)20-17(13-19(4,5)6)16-11-9-8-10-12-16/h8-12,15,17-18,20H,7,13-14H2,1-6H3. The Labute approximate surface area is 131 Å². The largest absolute Gasteiger partial charge is 0.380 e. The molecule has 0 spiro atoms. The van der Waals surface area contributed by atoms with E-state index in [1.807, 2.05) is 0 Å². The molecule has 0 radical (unpaired) electrons. The van der Waals surface area contributed by atoms with Crippen molar-refractivity contribution in [3.8, 4) is 0 Å². The molecule has 2 heteroatoms. The van der Waals surface area contributed by atoms with Crippen LogP contribution in [0.5, 0.6) is 0 Å². The molecule has 120 valence electrons. The summed E-state index contributed by atoms with van der Waals surface area (Å²) in [5.41, 5.74) is 1.66. The van der Waals surface area contributed by atoms with E-state index in [0.717, 1.165) is 19.6 Å². The van der Waals surface area contributed by atoms with Gasteiger partial charge in [0, 0.05) is 18.7 Å². The molecule has 0 fully saturated rings. The topological polar surface area (TPSA) is 21.3 Å². The molecule has 0 heterocycles. The lowest BCUT2D eigenvalue weighted by molar-refractivity contribution is 0.0996. The van der Waals surface area contributed by atoms with Crippen LogP contribution in [0.15, 0.2) is 30.3 Å². The van der Waals surface area contributed by atoms with E-state index in [1.54, 1.807) is 0 Å². The maximum absolute atomic E-state index is 5.66. The first-order valence-electron chi connectivity index (χ1n) is 8.22. The van der Waals surface area contributed by atoms with Gasteiger partial charge in [-0.2, -0.15) is 0 Å². The fourth-order valence-corrected chi connectivity index (χ4v) is 2.51. The molecule has 0 saturated carbocycles. The molecule has 0 saturated heterocycles. The molecule has 2 atom stereocenters. The van der Waals surface area contributed by atoms with E-state index in [4.69, 9.17) is 4.74 Å². The van der Waals surface area contributed by atoms with Crippen LogP contribution in [0.3, 0.4) is 0 Å². The molecule has 0 aromatic heterocycles. The van der Waals surface area contributed by atoms with Crippen molar-refractivity contribution in [1.82, 2.24) is 5.32 Å². The Morgan fingerprint density at radius 2 is 1.71 bits per heavy atom. The van der Waals surface area contributed by atoms with E-state index in [1.165, 1.54) is 5.56 Å². The van der Waals surface area contributed by atoms with E-state index in [9.17, 15) is 0 Å². The summed E-state index contributed by atoms with van der Waals surface area (Å²) in [6, 6.07) is 11.5. The van der Waals surface area contributed by atoms with Crippen LogP contribution in [-0.4, -0.2) is 19.3 Å². The quantitative estimate of drug-likeness (QED) is 0.742. The van der Waals surface area contributed by atoms with Gasteiger partial charge < -0.3 is 10.1 Å². The van der Waals surface area contributed by atoms with Gasteiger partial charge in [0.2, 0.25) is 0 Å². The van der Waals surface area contributed by atoms with Crippen molar-refractivity contribution in [2.45, 2.75) is 60.0 Å². The van der Waals surface area contributed by atoms with Crippen LogP contribution in [0.1, 0.15) is 59.6 Å². The summed E-state index contributed by atoms with van der Waals surface area (Å²) in [5.74, 6) is 0.558. The van der Waals surface area contributed by atoms with Crippen LogP contribution in [-0.2, 0) is 4.74 Å². The fourth-order valence-electron chi connectivity index (χ4n) is 2.51. The van der Waals surface area contributed by atoms with Crippen LogP contribution in [0.4, 0.5) is 0 Å². The van der Waals surface area contributed by atoms with Crippen molar-refractivity contribution >= 4 is 0 Å². The maximum atomic E-state index is 5.66. The molecule has 0 aliphatic rings. The molecule has 0 bridgehead atoms. The van der Waals surface area contributed by atoms with Gasteiger partial charge in [-0.15, -0.1) is 0 Å². The van der Waals surface area contributed by atoms with Gasteiger partial charge in [0.25, 0.3) is 0 Å². The van der Waals surface area contributed by atoms with Gasteiger partial charge in [-0.3, -0.25) is 0 Å². The Bertz CT molecular complexity index is 380. The Morgan fingerprint density at radius 1 is 1.10 bits per heavy atom. The van der Waals surface area contributed by atoms with E-state index >= 15 is 0 Å². The summed E-state index contributed by atoms with van der Waals surface area (Å²) in [5, 5.41) is 3.84. The van der Waals surface area contributed by atoms with Gasteiger partial charge >= 0.3 is 0 Å². The van der Waals surface area contributed by atoms with Crippen molar-refractivity contribution in [2.24, 2.45) is 11.3 Å². The minimum absolute atomic E-state index is 0.292. The second-order valence-corrected chi connectivity index (χ2v) is 7.40. The third-order valence-electron chi connectivity index (χ3n) is 3.74. The summed E-state index contributed by atoms with van der Waals surface area (Å²) in [7, 11) is 0. The Morgan fingerprint density at radius 3 is 2.19 bits per heavy atom. The Kier molecular flexibility index (Phi) is 7.41. The summed E-state index contributed by atoms with van der Waals surface area (Å²) < 4.78 is 5.66. The van der Waals surface area contributed by atoms with Crippen LogP contribution in [0.2, 0.25) is 0 Å². The van der Waals surface area contributed by atoms with Gasteiger partial charge in [-0.25, -0.2) is 0 Å². The molecule has 21 heavy (non-hydrogen) atoms.